The van der Waals surface area contributed by atoms with E-state index in [2.05, 4.69) is 193 Å². The molecule has 2 aromatic heterocycles. The second-order valence-corrected chi connectivity index (χ2v) is 14.8. The number of rotatable bonds is 5. The van der Waals surface area contributed by atoms with E-state index in [9.17, 15) is 0 Å². The Labute approximate surface area is 328 Å². The summed E-state index contributed by atoms with van der Waals surface area (Å²) in [4.78, 5) is 2.40. The zero-order valence-electron chi connectivity index (χ0n) is 30.8. The van der Waals surface area contributed by atoms with Crippen molar-refractivity contribution in [2.75, 3.05) is 4.90 Å². The van der Waals surface area contributed by atoms with Gasteiger partial charge in [0.1, 0.15) is 22.3 Å². The lowest BCUT2D eigenvalue weighted by molar-refractivity contribution is 0.669. The molecule has 0 spiro atoms. The topological polar surface area (TPSA) is 29.5 Å². The second kappa shape index (κ2) is 12.5. The molecule has 0 atom stereocenters. The highest BCUT2D eigenvalue weighted by atomic mass is 16.3. The molecule has 0 radical (unpaired) electrons. The summed E-state index contributed by atoms with van der Waals surface area (Å²) in [5, 5.41) is 11.7. The normalized spacial score (nSPS) is 11.9. The molecule has 0 bridgehead atoms. The molecule has 266 valence electrons. The summed E-state index contributed by atoms with van der Waals surface area (Å²) in [5.41, 5.74) is 11.2. The first-order valence-electron chi connectivity index (χ1n) is 19.4. The number of fused-ring (bicyclic) bond motifs is 11. The van der Waals surface area contributed by atoms with Crippen LogP contribution in [0.15, 0.2) is 209 Å². The minimum atomic E-state index is 0.851. The number of benzene rings is 10. The van der Waals surface area contributed by atoms with E-state index < -0.39 is 0 Å². The smallest absolute Gasteiger partial charge is 0.143 e. The third-order valence-corrected chi connectivity index (χ3v) is 11.6. The molecule has 57 heavy (non-hydrogen) atoms. The highest BCUT2D eigenvalue weighted by molar-refractivity contribution is 6.20. The van der Waals surface area contributed by atoms with Gasteiger partial charge in [0.2, 0.25) is 0 Å². The van der Waals surface area contributed by atoms with Crippen LogP contribution in [0, 0.1) is 0 Å². The monoisotopic (exact) mass is 727 g/mol. The van der Waals surface area contributed by atoms with Crippen LogP contribution in [-0.2, 0) is 0 Å². The molecule has 0 aliphatic rings. The minimum Gasteiger partial charge on any atom is -0.456 e. The summed E-state index contributed by atoms with van der Waals surface area (Å²) >= 11 is 0. The fraction of sp³-hybridized carbons (Fsp3) is 0. The third-order valence-electron chi connectivity index (χ3n) is 11.6. The Balaban J connectivity index is 1.09. The van der Waals surface area contributed by atoms with Gasteiger partial charge >= 0.3 is 0 Å². The Morgan fingerprint density at radius 1 is 0.316 bits per heavy atom. The molecule has 0 saturated carbocycles. The molecule has 0 N–H and O–H groups in total. The molecule has 0 aliphatic carbocycles. The first-order valence-corrected chi connectivity index (χ1v) is 19.4. The summed E-state index contributed by atoms with van der Waals surface area (Å²) < 4.78 is 13.1. The number of anilines is 3. The Hall–Kier alpha value is -7.62. The highest BCUT2D eigenvalue weighted by Gasteiger charge is 2.23. The van der Waals surface area contributed by atoms with E-state index in [1.807, 2.05) is 12.1 Å². The van der Waals surface area contributed by atoms with Crippen molar-refractivity contribution in [3.05, 3.63) is 200 Å². The summed E-state index contributed by atoms with van der Waals surface area (Å²) in [6.45, 7) is 0. The van der Waals surface area contributed by atoms with Crippen molar-refractivity contribution >= 4 is 93.3 Å². The predicted molar refractivity (Wildman–Crippen MR) is 239 cm³/mol. The Kier molecular flexibility index (Phi) is 6.93. The van der Waals surface area contributed by atoms with E-state index in [1.165, 1.54) is 32.7 Å². The van der Waals surface area contributed by atoms with Crippen LogP contribution in [0.4, 0.5) is 17.1 Å². The summed E-state index contributed by atoms with van der Waals surface area (Å²) in [5.74, 6) is 0. The molecule has 3 nitrogen and oxygen atoms in total. The zero-order valence-corrected chi connectivity index (χ0v) is 30.8. The quantitative estimate of drug-likeness (QED) is 0.165. The minimum absolute atomic E-state index is 0.851. The molecule has 0 saturated heterocycles. The predicted octanol–water partition coefficient (Wildman–Crippen LogP) is 15.7. The highest BCUT2D eigenvalue weighted by Crippen LogP contribution is 2.48. The maximum absolute atomic E-state index is 6.73. The fourth-order valence-electron chi connectivity index (χ4n) is 9.02. The lowest BCUT2D eigenvalue weighted by atomic mass is 9.93. The molecule has 10 aromatic carbocycles. The van der Waals surface area contributed by atoms with Crippen LogP contribution in [0.1, 0.15) is 0 Å². The molecular formula is C54H33NO2. The van der Waals surface area contributed by atoms with Crippen molar-refractivity contribution in [2.24, 2.45) is 0 Å². The average Bonchev–Trinajstić information content (AvgIpc) is 3.86. The van der Waals surface area contributed by atoms with Crippen LogP contribution in [0.2, 0.25) is 0 Å². The maximum Gasteiger partial charge on any atom is 0.143 e. The van der Waals surface area contributed by atoms with E-state index in [0.29, 0.717) is 0 Å². The summed E-state index contributed by atoms with van der Waals surface area (Å²) in [6.07, 6.45) is 0. The van der Waals surface area contributed by atoms with E-state index in [1.54, 1.807) is 0 Å². The van der Waals surface area contributed by atoms with Crippen LogP contribution in [0.5, 0.6) is 0 Å². The summed E-state index contributed by atoms with van der Waals surface area (Å²) in [6, 6.07) is 71.6. The van der Waals surface area contributed by atoms with Crippen LogP contribution in [0.3, 0.4) is 0 Å². The van der Waals surface area contributed by atoms with Crippen LogP contribution in [0.25, 0.3) is 98.4 Å². The number of para-hydroxylation sites is 2. The zero-order chi connectivity index (χ0) is 37.5. The van der Waals surface area contributed by atoms with Gasteiger partial charge in [0.15, 0.2) is 0 Å². The molecule has 12 aromatic rings. The fourth-order valence-corrected chi connectivity index (χ4v) is 9.02. The molecule has 0 amide bonds. The van der Waals surface area contributed by atoms with Gasteiger partial charge in [-0.3, -0.25) is 0 Å². The van der Waals surface area contributed by atoms with Gasteiger partial charge in [-0.1, -0.05) is 140 Å². The van der Waals surface area contributed by atoms with E-state index in [4.69, 9.17) is 8.83 Å². The van der Waals surface area contributed by atoms with E-state index in [0.717, 1.165) is 82.8 Å². The van der Waals surface area contributed by atoms with Gasteiger partial charge in [0.05, 0.1) is 16.8 Å². The Morgan fingerprint density at radius 3 is 1.82 bits per heavy atom. The van der Waals surface area contributed by atoms with Gasteiger partial charge in [0.25, 0.3) is 0 Å². The molecule has 2 heterocycles. The van der Waals surface area contributed by atoms with Gasteiger partial charge in [-0.25, -0.2) is 0 Å². The third kappa shape index (κ3) is 4.92. The van der Waals surface area contributed by atoms with Gasteiger partial charge in [0, 0.05) is 32.8 Å². The number of nitrogens with zero attached hydrogens (tertiary/aromatic N) is 1. The number of hydrogen-bond donors (Lipinski definition) is 0. The van der Waals surface area contributed by atoms with Gasteiger partial charge in [-0.05, 0) is 104 Å². The summed E-state index contributed by atoms with van der Waals surface area (Å²) in [7, 11) is 0. The molecule has 0 unspecified atom stereocenters. The Morgan fingerprint density at radius 2 is 0.947 bits per heavy atom. The van der Waals surface area contributed by atoms with Gasteiger partial charge in [-0.15, -0.1) is 0 Å². The van der Waals surface area contributed by atoms with Gasteiger partial charge in [-0.2, -0.15) is 0 Å². The van der Waals surface area contributed by atoms with Crippen LogP contribution in [-0.4, -0.2) is 0 Å². The lowest BCUT2D eigenvalue weighted by Crippen LogP contribution is -2.11. The molecule has 12 rings (SSSR count). The second-order valence-electron chi connectivity index (χ2n) is 14.8. The van der Waals surface area contributed by atoms with Gasteiger partial charge < -0.3 is 13.7 Å². The largest absolute Gasteiger partial charge is 0.456 e. The van der Waals surface area contributed by atoms with Crippen molar-refractivity contribution in [3.8, 4) is 22.3 Å². The van der Waals surface area contributed by atoms with Crippen molar-refractivity contribution in [2.45, 2.75) is 0 Å². The van der Waals surface area contributed by atoms with Crippen molar-refractivity contribution in [3.63, 3.8) is 0 Å². The van der Waals surface area contributed by atoms with Crippen molar-refractivity contribution < 1.29 is 8.83 Å². The average molecular weight is 728 g/mol. The molecule has 0 aliphatic heterocycles. The van der Waals surface area contributed by atoms with Crippen LogP contribution < -0.4 is 4.90 Å². The number of hydrogen-bond acceptors (Lipinski definition) is 3. The van der Waals surface area contributed by atoms with Crippen LogP contribution >= 0.6 is 0 Å². The molecule has 0 fully saturated rings. The molecule has 3 heteroatoms. The first-order chi connectivity index (χ1) is 28.3. The SMILES string of the molecule is c1ccc(N(c2ccc(-c3cc4ccccc4c4ccccc34)cc2)c2cccc3oc4c5ccccc5ccc4c23)c(-c2ccc3c(c2)oc2ccccc23)c1. The maximum atomic E-state index is 6.73. The van der Waals surface area contributed by atoms with Crippen molar-refractivity contribution in [1.29, 1.82) is 0 Å². The lowest BCUT2D eigenvalue weighted by Gasteiger charge is -2.28. The van der Waals surface area contributed by atoms with E-state index in [-0.39, 0.29) is 0 Å². The Bertz CT molecular complexity index is 3530. The van der Waals surface area contributed by atoms with Crippen molar-refractivity contribution in [1.82, 2.24) is 0 Å². The molecular weight excluding hydrogens is 695 g/mol. The number of furan rings is 2. The first kappa shape index (κ1) is 31.7. The standard InChI is InChI=1S/C54H33NO2/c1-4-16-41-34(12-1)26-31-46-53-49(21-11-23-51(53)57-54(41)46)55(48-20-9-7-15-40(48)37-27-30-45-44-19-8-10-22-50(44)56-52(45)33-37)38-28-24-35(25-29-38)47-32-36-13-2-3-14-39(36)42-17-5-6-18-43(42)47/h1-33H. The van der Waals surface area contributed by atoms with E-state index >= 15 is 0 Å².